The standard InChI is InChI=1S/C16H21NSSi/c1-5-12-17-14-10-6-8-13-9-7-11-15(16(13)14)18-19(2,3)4/h6-12H,5H2,1-4H3. The summed E-state index contributed by atoms with van der Waals surface area (Å²) in [7, 11) is -1.20. The summed E-state index contributed by atoms with van der Waals surface area (Å²) >= 11 is 2.04. The predicted molar refractivity (Wildman–Crippen MR) is 91.6 cm³/mol. The highest BCUT2D eigenvalue weighted by Crippen LogP contribution is 2.38. The number of benzene rings is 2. The first-order valence-electron chi connectivity index (χ1n) is 6.74. The van der Waals surface area contributed by atoms with Crippen molar-refractivity contribution in [1.29, 1.82) is 0 Å². The normalized spacial score (nSPS) is 12.4. The fourth-order valence-corrected chi connectivity index (χ4v) is 5.62. The molecule has 0 N–H and O–H groups in total. The number of hydrogen-bond donors (Lipinski definition) is 0. The summed E-state index contributed by atoms with van der Waals surface area (Å²) in [5, 5.41) is 2.59. The topological polar surface area (TPSA) is 12.4 Å². The van der Waals surface area contributed by atoms with Crippen LogP contribution in [0.5, 0.6) is 0 Å². The lowest BCUT2D eigenvalue weighted by molar-refractivity contribution is 1.31. The zero-order chi connectivity index (χ0) is 13.9. The third kappa shape index (κ3) is 3.70. The zero-order valence-electron chi connectivity index (χ0n) is 12.1. The second-order valence-corrected chi connectivity index (χ2v) is 14.7. The Morgan fingerprint density at radius 3 is 2.42 bits per heavy atom. The highest BCUT2D eigenvalue weighted by atomic mass is 32.4. The molecule has 2 aromatic carbocycles. The molecule has 100 valence electrons. The van der Waals surface area contributed by atoms with Crippen molar-refractivity contribution in [2.24, 2.45) is 4.99 Å². The SMILES string of the molecule is CCC=Nc1cccc2cccc(S[Si](C)(C)C)c12. The van der Waals surface area contributed by atoms with Gasteiger partial charge in [-0.1, -0.05) is 50.8 Å². The fraction of sp³-hybridized carbons (Fsp3) is 0.312. The number of fused-ring (bicyclic) bond motifs is 1. The Balaban J connectivity index is 2.60. The van der Waals surface area contributed by atoms with Crippen molar-refractivity contribution < 1.29 is 0 Å². The molecule has 2 aromatic rings. The van der Waals surface area contributed by atoms with E-state index in [0.29, 0.717) is 0 Å². The van der Waals surface area contributed by atoms with Crippen LogP contribution < -0.4 is 0 Å². The average molecular weight is 288 g/mol. The molecule has 3 heteroatoms. The molecular formula is C16H21NSSi. The molecule has 0 radical (unpaired) electrons. The summed E-state index contributed by atoms with van der Waals surface area (Å²) in [4.78, 5) is 6.00. The van der Waals surface area contributed by atoms with Gasteiger partial charge in [-0.25, -0.2) is 0 Å². The molecule has 0 aliphatic rings. The van der Waals surface area contributed by atoms with Gasteiger partial charge < -0.3 is 0 Å². The second kappa shape index (κ2) is 5.93. The molecule has 0 bridgehead atoms. The van der Waals surface area contributed by atoms with E-state index in [9.17, 15) is 0 Å². The van der Waals surface area contributed by atoms with E-state index in [4.69, 9.17) is 0 Å². The zero-order valence-corrected chi connectivity index (χ0v) is 13.9. The summed E-state index contributed by atoms with van der Waals surface area (Å²) in [6.45, 7) is 9.27. The van der Waals surface area contributed by atoms with Crippen LogP contribution >= 0.6 is 11.2 Å². The molecule has 0 spiro atoms. The minimum atomic E-state index is -1.20. The Morgan fingerprint density at radius 2 is 1.79 bits per heavy atom. The van der Waals surface area contributed by atoms with Gasteiger partial charge in [0.2, 0.25) is 0 Å². The average Bonchev–Trinajstić information content (AvgIpc) is 2.34. The van der Waals surface area contributed by atoms with Crippen molar-refractivity contribution in [2.45, 2.75) is 37.9 Å². The van der Waals surface area contributed by atoms with E-state index in [1.165, 1.54) is 15.7 Å². The van der Waals surface area contributed by atoms with Crippen LogP contribution in [0, 0.1) is 0 Å². The molecule has 0 atom stereocenters. The van der Waals surface area contributed by atoms with E-state index in [1.54, 1.807) is 0 Å². The Hall–Kier alpha value is -1.06. The van der Waals surface area contributed by atoms with Gasteiger partial charge in [0.05, 0.1) is 5.69 Å². The fourth-order valence-electron chi connectivity index (χ4n) is 2.00. The van der Waals surface area contributed by atoms with Gasteiger partial charge in [-0.2, -0.15) is 11.2 Å². The number of rotatable bonds is 4. The maximum Gasteiger partial charge on any atom is 0.114 e. The van der Waals surface area contributed by atoms with Crippen molar-refractivity contribution in [3.8, 4) is 0 Å². The smallest absolute Gasteiger partial charge is 0.114 e. The highest BCUT2D eigenvalue weighted by Gasteiger charge is 2.17. The van der Waals surface area contributed by atoms with Crippen molar-refractivity contribution >= 4 is 41.1 Å². The molecule has 0 saturated heterocycles. The Labute approximate surface area is 120 Å². The monoisotopic (exact) mass is 287 g/mol. The van der Waals surface area contributed by atoms with Crippen molar-refractivity contribution in [3.05, 3.63) is 36.4 Å². The van der Waals surface area contributed by atoms with Gasteiger partial charge in [0.1, 0.15) is 7.22 Å². The largest absolute Gasteiger partial charge is 0.261 e. The second-order valence-electron chi connectivity index (χ2n) is 5.57. The summed E-state index contributed by atoms with van der Waals surface area (Å²) < 4.78 is 0. The Kier molecular flexibility index (Phi) is 4.48. The van der Waals surface area contributed by atoms with Crippen molar-refractivity contribution in [2.75, 3.05) is 0 Å². The number of hydrogen-bond acceptors (Lipinski definition) is 2. The summed E-state index contributed by atoms with van der Waals surface area (Å²) in [6.07, 6.45) is 2.96. The van der Waals surface area contributed by atoms with Crippen LogP contribution in [-0.2, 0) is 0 Å². The van der Waals surface area contributed by atoms with Gasteiger partial charge in [0.25, 0.3) is 0 Å². The lowest BCUT2D eigenvalue weighted by Gasteiger charge is -2.17. The van der Waals surface area contributed by atoms with Crippen molar-refractivity contribution in [3.63, 3.8) is 0 Å². The maximum atomic E-state index is 4.62. The molecule has 0 unspecified atom stereocenters. The minimum Gasteiger partial charge on any atom is -0.261 e. The van der Waals surface area contributed by atoms with E-state index in [2.05, 4.69) is 68.0 Å². The molecule has 0 aromatic heterocycles. The van der Waals surface area contributed by atoms with Crippen molar-refractivity contribution in [1.82, 2.24) is 0 Å². The minimum absolute atomic E-state index is 0.972. The first-order chi connectivity index (χ1) is 9.01. The first kappa shape index (κ1) is 14.3. The number of nitrogens with zero attached hydrogens (tertiary/aromatic N) is 1. The molecule has 1 nitrogen and oxygen atoms in total. The molecule has 19 heavy (non-hydrogen) atoms. The van der Waals surface area contributed by atoms with Gasteiger partial charge in [0.15, 0.2) is 0 Å². The van der Waals surface area contributed by atoms with Gasteiger partial charge in [-0.05, 0) is 23.9 Å². The molecular weight excluding hydrogens is 266 g/mol. The molecule has 2 rings (SSSR count). The molecule has 0 aliphatic carbocycles. The molecule has 0 amide bonds. The lowest BCUT2D eigenvalue weighted by Crippen LogP contribution is -2.13. The Bertz CT molecular complexity index is 594. The highest BCUT2D eigenvalue weighted by molar-refractivity contribution is 8.28. The van der Waals surface area contributed by atoms with Crippen LogP contribution in [0.2, 0.25) is 19.6 Å². The van der Waals surface area contributed by atoms with Crippen LogP contribution in [-0.4, -0.2) is 13.4 Å². The van der Waals surface area contributed by atoms with Gasteiger partial charge >= 0.3 is 0 Å². The number of aliphatic imine (C=N–C) groups is 1. The van der Waals surface area contributed by atoms with Gasteiger partial charge in [0, 0.05) is 16.5 Å². The van der Waals surface area contributed by atoms with Crippen LogP contribution in [0.25, 0.3) is 10.8 Å². The first-order valence-corrected chi connectivity index (χ1v) is 11.8. The third-order valence-electron chi connectivity index (χ3n) is 2.67. The molecule has 0 saturated carbocycles. The van der Waals surface area contributed by atoms with Crippen LogP contribution in [0.1, 0.15) is 13.3 Å². The summed E-state index contributed by atoms with van der Waals surface area (Å²) in [6, 6.07) is 12.9. The molecule has 0 fully saturated rings. The van der Waals surface area contributed by atoms with Gasteiger partial charge in [-0.3, -0.25) is 4.99 Å². The molecule has 0 aliphatic heterocycles. The van der Waals surface area contributed by atoms with E-state index < -0.39 is 7.22 Å². The van der Waals surface area contributed by atoms with Crippen LogP contribution in [0.4, 0.5) is 5.69 Å². The predicted octanol–water partition coefficient (Wildman–Crippen LogP) is 5.88. The lowest BCUT2D eigenvalue weighted by atomic mass is 10.1. The summed E-state index contributed by atoms with van der Waals surface area (Å²) in [5.41, 5.74) is 1.10. The third-order valence-corrected chi connectivity index (χ3v) is 6.34. The van der Waals surface area contributed by atoms with E-state index in [1.807, 2.05) is 17.4 Å². The Morgan fingerprint density at radius 1 is 1.11 bits per heavy atom. The summed E-state index contributed by atoms with van der Waals surface area (Å²) in [5.74, 6) is 0. The van der Waals surface area contributed by atoms with Crippen LogP contribution in [0.15, 0.2) is 46.3 Å². The maximum absolute atomic E-state index is 4.62. The van der Waals surface area contributed by atoms with Gasteiger partial charge in [-0.15, -0.1) is 0 Å². The van der Waals surface area contributed by atoms with Crippen LogP contribution in [0.3, 0.4) is 0 Å². The molecule has 0 heterocycles. The quantitative estimate of drug-likeness (QED) is 0.505. The van der Waals surface area contributed by atoms with E-state index in [0.717, 1.165) is 12.1 Å². The van der Waals surface area contributed by atoms with E-state index >= 15 is 0 Å². The van der Waals surface area contributed by atoms with E-state index in [-0.39, 0.29) is 0 Å².